The zero-order chi connectivity index (χ0) is 19.3. The van der Waals surface area contributed by atoms with Crippen molar-refractivity contribution in [3.63, 3.8) is 0 Å². The van der Waals surface area contributed by atoms with E-state index >= 15 is 0 Å². The van der Waals surface area contributed by atoms with Crippen LogP contribution < -0.4 is 11.0 Å². The van der Waals surface area contributed by atoms with Crippen LogP contribution in [0.2, 0.25) is 0 Å². The number of nitrogens with one attached hydrogen (secondary N) is 1. The molecule has 1 aliphatic rings. The Balaban J connectivity index is 2.09. The molecule has 1 amide bonds. The summed E-state index contributed by atoms with van der Waals surface area (Å²) in [7, 11) is 0. The first-order chi connectivity index (χ1) is 12.4. The fraction of sp³-hybridized carbons (Fsp3) is 0.688. The maximum atomic E-state index is 14.2. The molecule has 146 valence electrons. The van der Waals surface area contributed by atoms with Crippen molar-refractivity contribution < 1.29 is 28.9 Å². The number of halogens is 1. The van der Waals surface area contributed by atoms with Crippen LogP contribution in [0.1, 0.15) is 45.8 Å². The lowest BCUT2D eigenvalue weighted by molar-refractivity contribution is -0.0408. The molecule has 0 aliphatic carbocycles. The topological polar surface area (TPSA) is 123 Å². The number of unbranched alkanes of at least 4 members (excludes halogenated alkanes) is 2. The average Bonchev–Trinajstić information content (AvgIpc) is 2.89. The van der Waals surface area contributed by atoms with E-state index in [-0.39, 0.29) is 6.61 Å². The van der Waals surface area contributed by atoms with Gasteiger partial charge < -0.3 is 19.7 Å². The van der Waals surface area contributed by atoms with Gasteiger partial charge in [0.25, 0.3) is 0 Å². The fourth-order valence-electron chi connectivity index (χ4n) is 2.66. The van der Waals surface area contributed by atoms with Crippen LogP contribution in [0.15, 0.2) is 11.0 Å². The van der Waals surface area contributed by atoms with Crippen LogP contribution in [-0.2, 0) is 9.47 Å². The molecule has 9 nitrogen and oxygen atoms in total. The van der Waals surface area contributed by atoms with Gasteiger partial charge in [-0.2, -0.15) is 4.98 Å². The third-order valence-electron chi connectivity index (χ3n) is 4.12. The number of amides is 1. The Morgan fingerprint density at radius 1 is 1.38 bits per heavy atom. The maximum Gasteiger partial charge on any atom is 0.412 e. The van der Waals surface area contributed by atoms with Crippen molar-refractivity contribution in [1.82, 2.24) is 9.55 Å². The summed E-state index contributed by atoms with van der Waals surface area (Å²) < 4.78 is 25.2. The summed E-state index contributed by atoms with van der Waals surface area (Å²) in [6.45, 7) is 3.92. The quantitative estimate of drug-likeness (QED) is 0.613. The Morgan fingerprint density at radius 3 is 2.73 bits per heavy atom. The summed E-state index contributed by atoms with van der Waals surface area (Å²) >= 11 is 0. The Morgan fingerprint density at radius 2 is 2.12 bits per heavy atom. The standard InChI is InChI=1S/C16H24FN3O6/c1-3-5-6-7-25-16(24)19-13-9(17)8-20(15(23)18-13)14-12(22)11(21)10(4-2)26-14/h8,10-12,14,21-22H,3-7H2,1-2H3,(H,18,19,23,24). The number of ether oxygens (including phenoxy) is 2. The molecule has 1 aromatic rings. The van der Waals surface area contributed by atoms with E-state index in [9.17, 15) is 24.2 Å². The second kappa shape index (κ2) is 9.06. The molecule has 1 fully saturated rings. The summed E-state index contributed by atoms with van der Waals surface area (Å²) in [5, 5.41) is 21.9. The zero-order valence-corrected chi connectivity index (χ0v) is 14.7. The third kappa shape index (κ3) is 4.57. The second-order valence-corrected chi connectivity index (χ2v) is 6.05. The smallest absolute Gasteiger partial charge is 0.412 e. The summed E-state index contributed by atoms with van der Waals surface area (Å²) in [5.41, 5.74) is -0.944. The molecule has 26 heavy (non-hydrogen) atoms. The molecule has 10 heteroatoms. The van der Waals surface area contributed by atoms with Crippen LogP contribution in [0.25, 0.3) is 0 Å². The minimum absolute atomic E-state index is 0.177. The summed E-state index contributed by atoms with van der Waals surface area (Å²) in [5.74, 6) is -1.58. The van der Waals surface area contributed by atoms with Gasteiger partial charge in [-0.15, -0.1) is 0 Å². The molecule has 3 N–H and O–H groups in total. The van der Waals surface area contributed by atoms with Gasteiger partial charge in [0.1, 0.15) is 12.2 Å². The number of nitrogens with zero attached hydrogens (tertiary/aromatic N) is 2. The van der Waals surface area contributed by atoms with E-state index < -0.39 is 48.0 Å². The van der Waals surface area contributed by atoms with Crippen LogP contribution >= 0.6 is 0 Å². The highest BCUT2D eigenvalue weighted by Gasteiger charge is 2.43. The monoisotopic (exact) mass is 373 g/mol. The Labute approximate surface area is 149 Å². The van der Waals surface area contributed by atoms with Crippen molar-refractivity contribution in [3.05, 3.63) is 22.5 Å². The zero-order valence-electron chi connectivity index (χ0n) is 14.7. The summed E-state index contributed by atoms with van der Waals surface area (Å²) in [6, 6.07) is 0. The van der Waals surface area contributed by atoms with Crippen molar-refractivity contribution in [2.75, 3.05) is 11.9 Å². The molecule has 0 bridgehead atoms. The number of carbonyl (C=O) groups is 1. The van der Waals surface area contributed by atoms with Crippen LogP contribution in [0.4, 0.5) is 15.0 Å². The van der Waals surface area contributed by atoms with E-state index in [1.165, 1.54) is 0 Å². The van der Waals surface area contributed by atoms with Crippen LogP contribution in [-0.4, -0.2) is 50.8 Å². The van der Waals surface area contributed by atoms with Crippen molar-refractivity contribution in [2.45, 2.75) is 64.1 Å². The van der Waals surface area contributed by atoms with Crippen molar-refractivity contribution in [2.24, 2.45) is 0 Å². The lowest BCUT2D eigenvalue weighted by atomic mass is 10.1. The first-order valence-electron chi connectivity index (χ1n) is 8.63. The average molecular weight is 373 g/mol. The van der Waals surface area contributed by atoms with E-state index in [0.717, 1.165) is 23.6 Å². The minimum Gasteiger partial charge on any atom is -0.449 e. The van der Waals surface area contributed by atoms with Crippen LogP contribution in [0.5, 0.6) is 0 Å². The van der Waals surface area contributed by atoms with E-state index in [4.69, 9.17) is 9.47 Å². The Kier molecular flexibility index (Phi) is 7.06. The number of aliphatic hydroxyl groups excluding tert-OH is 2. The van der Waals surface area contributed by atoms with Gasteiger partial charge in [-0.1, -0.05) is 26.7 Å². The number of rotatable bonds is 7. The van der Waals surface area contributed by atoms with Gasteiger partial charge in [0.2, 0.25) is 0 Å². The predicted molar refractivity (Wildman–Crippen MR) is 89.2 cm³/mol. The van der Waals surface area contributed by atoms with Gasteiger partial charge in [-0.3, -0.25) is 9.88 Å². The summed E-state index contributed by atoms with van der Waals surface area (Å²) in [6.07, 6.45) is -1.75. The highest BCUT2D eigenvalue weighted by Crippen LogP contribution is 2.30. The molecule has 1 aromatic heterocycles. The molecule has 1 saturated heterocycles. The highest BCUT2D eigenvalue weighted by atomic mass is 19.1. The van der Waals surface area contributed by atoms with Gasteiger partial charge in [-0.05, 0) is 12.8 Å². The van der Waals surface area contributed by atoms with Crippen LogP contribution in [0, 0.1) is 5.82 Å². The molecule has 1 aliphatic heterocycles. The van der Waals surface area contributed by atoms with E-state index in [1.54, 1.807) is 6.92 Å². The largest absolute Gasteiger partial charge is 0.449 e. The number of aromatic nitrogens is 2. The van der Waals surface area contributed by atoms with Gasteiger partial charge in [-0.25, -0.2) is 14.0 Å². The number of hydrogen-bond donors (Lipinski definition) is 3. The van der Waals surface area contributed by atoms with Crippen molar-refractivity contribution >= 4 is 11.9 Å². The van der Waals surface area contributed by atoms with E-state index in [2.05, 4.69) is 10.3 Å². The van der Waals surface area contributed by atoms with Crippen molar-refractivity contribution in [1.29, 1.82) is 0 Å². The second-order valence-electron chi connectivity index (χ2n) is 6.05. The first kappa shape index (κ1) is 20.3. The molecule has 2 rings (SSSR count). The normalized spacial score (nSPS) is 25.3. The molecular formula is C16H24FN3O6. The lowest BCUT2D eigenvalue weighted by Crippen LogP contribution is -2.36. The number of anilines is 1. The van der Waals surface area contributed by atoms with Gasteiger partial charge >= 0.3 is 11.8 Å². The molecular weight excluding hydrogens is 349 g/mol. The maximum absolute atomic E-state index is 14.2. The highest BCUT2D eigenvalue weighted by molar-refractivity contribution is 5.83. The van der Waals surface area contributed by atoms with Crippen molar-refractivity contribution in [3.8, 4) is 0 Å². The molecule has 2 heterocycles. The van der Waals surface area contributed by atoms with Gasteiger partial charge in [0.05, 0.1) is 18.9 Å². The Bertz CT molecular complexity index is 682. The van der Waals surface area contributed by atoms with Gasteiger partial charge in [0.15, 0.2) is 17.9 Å². The van der Waals surface area contributed by atoms with Gasteiger partial charge in [0, 0.05) is 0 Å². The fourth-order valence-corrected chi connectivity index (χ4v) is 2.66. The molecule has 0 spiro atoms. The third-order valence-corrected chi connectivity index (χ3v) is 4.12. The van der Waals surface area contributed by atoms with Crippen LogP contribution in [0.3, 0.4) is 0 Å². The molecule has 4 unspecified atom stereocenters. The summed E-state index contributed by atoms with van der Waals surface area (Å²) in [4.78, 5) is 27.2. The van der Waals surface area contributed by atoms with E-state index in [0.29, 0.717) is 12.8 Å². The molecule has 0 radical (unpaired) electrons. The molecule has 4 atom stereocenters. The predicted octanol–water partition coefficient (Wildman–Crippen LogP) is 1.15. The number of aliphatic hydroxyl groups is 2. The number of hydrogen-bond acceptors (Lipinski definition) is 7. The molecule has 0 saturated carbocycles. The Hall–Kier alpha value is -2.04. The SMILES string of the molecule is CCCCCOC(=O)Nc1nc(=O)n(C2OC(CC)C(O)C2O)cc1F. The van der Waals surface area contributed by atoms with E-state index in [1.807, 2.05) is 6.92 Å². The lowest BCUT2D eigenvalue weighted by Gasteiger charge is -2.17. The number of carbonyl (C=O) groups excluding carboxylic acids is 1. The first-order valence-corrected chi connectivity index (χ1v) is 8.63. The minimum atomic E-state index is -1.40. The molecule has 0 aromatic carbocycles.